The van der Waals surface area contributed by atoms with Crippen LogP contribution in [0.2, 0.25) is 0 Å². The highest BCUT2D eigenvalue weighted by Gasteiger charge is 2.15. The molecule has 0 amide bonds. The predicted molar refractivity (Wildman–Crippen MR) is 87.5 cm³/mol. The standard InChI is InChI=1S/C15H18N2O2S2/c1-17(2)12-16-21(18,19)15-11-10-14(20-15)9-8-13-6-4-3-5-7-13/h3-7,10-12H,8-9H2,1-2H3. The van der Waals surface area contributed by atoms with Crippen molar-refractivity contribution >= 4 is 27.7 Å². The van der Waals surface area contributed by atoms with E-state index in [0.717, 1.165) is 17.7 Å². The van der Waals surface area contributed by atoms with Crippen molar-refractivity contribution < 1.29 is 8.42 Å². The summed E-state index contributed by atoms with van der Waals surface area (Å²) in [5, 5.41) is 0. The van der Waals surface area contributed by atoms with Crippen LogP contribution in [0.4, 0.5) is 0 Å². The lowest BCUT2D eigenvalue weighted by molar-refractivity contribution is 0.596. The lowest BCUT2D eigenvalue weighted by Gasteiger charge is -2.01. The van der Waals surface area contributed by atoms with Gasteiger partial charge in [-0.05, 0) is 30.5 Å². The van der Waals surface area contributed by atoms with Crippen molar-refractivity contribution in [1.29, 1.82) is 0 Å². The van der Waals surface area contributed by atoms with E-state index in [1.54, 1.807) is 25.1 Å². The maximum atomic E-state index is 12.0. The molecule has 6 heteroatoms. The molecule has 0 unspecified atom stereocenters. The summed E-state index contributed by atoms with van der Waals surface area (Å²) in [7, 11) is -0.101. The third-order valence-electron chi connectivity index (χ3n) is 2.81. The minimum atomic E-state index is -3.57. The Morgan fingerprint density at radius 1 is 1.10 bits per heavy atom. The van der Waals surface area contributed by atoms with Crippen molar-refractivity contribution in [1.82, 2.24) is 4.90 Å². The summed E-state index contributed by atoms with van der Waals surface area (Å²) >= 11 is 1.29. The van der Waals surface area contributed by atoms with Crippen LogP contribution in [0.5, 0.6) is 0 Å². The Morgan fingerprint density at radius 2 is 1.81 bits per heavy atom. The molecule has 0 aliphatic carbocycles. The lowest BCUT2D eigenvalue weighted by Crippen LogP contribution is -2.09. The fourth-order valence-corrected chi connectivity index (χ4v) is 4.01. The molecule has 0 radical (unpaired) electrons. The van der Waals surface area contributed by atoms with Crippen LogP contribution in [0.3, 0.4) is 0 Å². The number of benzene rings is 1. The molecule has 0 bridgehead atoms. The summed E-state index contributed by atoms with van der Waals surface area (Å²) in [5.74, 6) is 0. The van der Waals surface area contributed by atoms with Crippen LogP contribution >= 0.6 is 11.3 Å². The van der Waals surface area contributed by atoms with Crippen molar-refractivity contribution in [3.05, 3.63) is 52.9 Å². The average molecular weight is 322 g/mol. The molecule has 1 aromatic carbocycles. The average Bonchev–Trinajstić information content (AvgIpc) is 2.94. The number of hydrogen-bond donors (Lipinski definition) is 0. The Bertz CT molecular complexity index is 704. The van der Waals surface area contributed by atoms with E-state index in [-0.39, 0.29) is 0 Å². The van der Waals surface area contributed by atoms with Crippen molar-refractivity contribution in [2.45, 2.75) is 17.1 Å². The van der Waals surface area contributed by atoms with Crippen molar-refractivity contribution in [3.63, 3.8) is 0 Å². The van der Waals surface area contributed by atoms with Gasteiger partial charge in [0.15, 0.2) is 0 Å². The first kappa shape index (κ1) is 15.7. The lowest BCUT2D eigenvalue weighted by atomic mass is 10.1. The minimum Gasteiger partial charge on any atom is -0.368 e. The van der Waals surface area contributed by atoms with E-state index in [9.17, 15) is 8.42 Å². The number of sulfonamides is 1. The summed E-state index contributed by atoms with van der Waals surface area (Å²) in [5.41, 5.74) is 1.25. The van der Waals surface area contributed by atoms with Gasteiger partial charge in [0, 0.05) is 19.0 Å². The third kappa shape index (κ3) is 4.68. The van der Waals surface area contributed by atoms with Gasteiger partial charge in [-0.1, -0.05) is 30.3 Å². The monoisotopic (exact) mass is 322 g/mol. The summed E-state index contributed by atoms with van der Waals surface area (Å²) in [6.45, 7) is 0. The molecule has 4 nitrogen and oxygen atoms in total. The molecule has 2 aromatic rings. The SMILES string of the molecule is CN(C)C=NS(=O)(=O)c1ccc(CCc2ccccc2)s1. The maximum absolute atomic E-state index is 12.0. The Kier molecular flexibility index (Phi) is 5.14. The normalized spacial score (nSPS) is 11.9. The Morgan fingerprint density at radius 3 is 2.48 bits per heavy atom. The first-order valence-corrected chi connectivity index (χ1v) is 8.82. The Balaban J connectivity index is 2.04. The van der Waals surface area contributed by atoms with Crippen LogP contribution in [0.15, 0.2) is 51.1 Å². The number of thiophene rings is 1. The van der Waals surface area contributed by atoms with E-state index in [2.05, 4.69) is 16.5 Å². The highest BCUT2D eigenvalue weighted by atomic mass is 32.2. The summed E-state index contributed by atoms with van der Waals surface area (Å²) < 4.78 is 28.0. The number of aryl methyl sites for hydroxylation is 2. The molecule has 21 heavy (non-hydrogen) atoms. The zero-order valence-electron chi connectivity index (χ0n) is 12.1. The van der Waals surface area contributed by atoms with Crippen molar-refractivity contribution in [3.8, 4) is 0 Å². The Hall–Kier alpha value is -1.66. The molecule has 0 aliphatic rings. The smallest absolute Gasteiger partial charge is 0.293 e. The quantitative estimate of drug-likeness (QED) is 0.607. The number of hydrogen-bond acceptors (Lipinski definition) is 3. The van der Waals surface area contributed by atoms with Crippen LogP contribution in [-0.2, 0) is 22.9 Å². The second kappa shape index (κ2) is 6.87. The van der Waals surface area contributed by atoms with Gasteiger partial charge in [-0.15, -0.1) is 15.7 Å². The van der Waals surface area contributed by atoms with Gasteiger partial charge in [-0.25, -0.2) is 0 Å². The first-order chi connectivity index (χ1) is 9.97. The van der Waals surface area contributed by atoms with Gasteiger partial charge in [0.25, 0.3) is 10.0 Å². The van der Waals surface area contributed by atoms with Gasteiger partial charge >= 0.3 is 0 Å². The second-order valence-corrected chi connectivity index (χ2v) is 7.89. The summed E-state index contributed by atoms with van der Waals surface area (Å²) in [6, 6.07) is 13.7. The van der Waals surface area contributed by atoms with Gasteiger partial charge in [0.2, 0.25) is 0 Å². The third-order valence-corrected chi connectivity index (χ3v) is 5.65. The predicted octanol–water partition coefficient (Wildman–Crippen LogP) is 2.81. The molecular weight excluding hydrogens is 304 g/mol. The van der Waals surface area contributed by atoms with Gasteiger partial charge in [-0.2, -0.15) is 8.42 Å². The topological polar surface area (TPSA) is 49.7 Å². The fraction of sp³-hybridized carbons (Fsp3) is 0.267. The van der Waals surface area contributed by atoms with Gasteiger partial charge in [0.05, 0.1) is 0 Å². The molecule has 112 valence electrons. The van der Waals surface area contributed by atoms with Crippen LogP contribution < -0.4 is 0 Å². The molecule has 0 atom stereocenters. The minimum absolute atomic E-state index is 0.295. The van der Waals surface area contributed by atoms with E-state index < -0.39 is 10.0 Å². The largest absolute Gasteiger partial charge is 0.368 e. The molecule has 0 aliphatic heterocycles. The summed E-state index contributed by atoms with van der Waals surface area (Å²) in [4.78, 5) is 2.65. The van der Waals surface area contributed by atoms with Crippen LogP contribution in [0, 0.1) is 0 Å². The number of rotatable bonds is 6. The second-order valence-electron chi connectivity index (χ2n) is 4.87. The van der Waals surface area contributed by atoms with Gasteiger partial charge < -0.3 is 4.90 Å². The zero-order valence-corrected chi connectivity index (χ0v) is 13.7. The fourth-order valence-electron chi connectivity index (χ4n) is 1.75. The highest BCUT2D eigenvalue weighted by Crippen LogP contribution is 2.24. The molecule has 1 aromatic heterocycles. The molecule has 1 heterocycles. The van der Waals surface area contributed by atoms with E-state index >= 15 is 0 Å². The first-order valence-electron chi connectivity index (χ1n) is 6.57. The molecular formula is C15H18N2O2S2. The molecule has 0 spiro atoms. The van der Waals surface area contributed by atoms with E-state index in [0.29, 0.717) is 4.21 Å². The van der Waals surface area contributed by atoms with Crippen LogP contribution in [-0.4, -0.2) is 33.8 Å². The van der Waals surface area contributed by atoms with Crippen LogP contribution in [0.25, 0.3) is 0 Å². The van der Waals surface area contributed by atoms with Gasteiger partial charge in [0.1, 0.15) is 10.5 Å². The maximum Gasteiger partial charge on any atom is 0.293 e. The van der Waals surface area contributed by atoms with E-state index in [1.807, 2.05) is 24.3 Å². The van der Waals surface area contributed by atoms with E-state index in [4.69, 9.17) is 0 Å². The Labute approximate surface area is 129 Å². The van der Waals surface area contributed by atoms with Crippen LogP contribution in [0.1, 0.15) is 10.4 Å². The molecule has 0 N–H and O–H groups in total. The molecule has 0 saturated carbocycles. The van der Waals surface area contributed by atoms with Crippen molar-refractivity contribution in [2.75, 3.05) is 14.1 Å². The molecule has 2 rings (SSSR count). The van der Waals surface area contributed by atoms with E-state index in [1.165, 1.54) is 23.2 Å². The highest BCUT2D eigenvalue weighted by molar-refractivity contribution is 7.92. The molecule has 0 saturated heterocycles. The van der Waals surface area contributed by atoms with Crippen molar-refractivity contribution in [2.24, 2.45) is 4.40 Å². The summed E-state index contributed by atoms with van der Waals surface area (Å²) in [6.07, 6.45) is 3.04. The zero-order chi connectivity index (χ0) is 15.3. The van der Waals surface area contributed by atoms with Gasteiger partial charge in [-0.3, -0.25) is 0 Å². The molecule has 0 fully saturated rings. The number of nitrogens with zero attached hydrogens (tertiary/aromatic N) is 2.